The van der Waals surface area contributed by atoms with E-state index in [9.17, 15) is 4.79 Å². The summed E-state index contributed by atoms with van der Waals surface area (Å²) < 4.78 is 16.4. The Bertz CT molecular complexity index is 372. The van der Waals surface area contributed by atoms with Crippen LogP contribution >= 0.6 is 0 Å². The van der Waals surface area contributed by atoms with Gasteiger partial charge in [-0.3, -0.25) is 4.79 Å². The molecule has 4 heteroatoms. The number of ether oxygens (including phenoxy) is 3. The van der Waals surface area contributed by atoms with E-state index < -0.39 is 0 Å². The zero-order chi connectivity index (χ0) is 20.5. The Labute approximate surface area is 174 Å². The lowest BCUT2D eigenvalue weighted by Crippen LogP contribution is -2.47. The van der Waals surface area contributed by atoms with Crippen LogP contribution in [0.2, 0.25) is 0 Å². The molecule has 0 N–H and O–H groups in total. The number of cyclic esters (lactones) is 1. The minimum absolute atomic E-state index is 0.00457. The standard InChI is InChI=1S/C24H46O4/c1-4-6-8-10-11-12-13-14-15-17-21(27-20-26-3)19-23-22(24(25)28-23)18-16-9-7-5-2/h21-23H,4-20H2,1-3H3/t21-,22+,23+/m1/s1. The van der Waals surface area contributed by atoms with Crippen LogP contribution < -0.4 is 0 Å². The van der Waals surface area contributed by atoms with Crippen molar-refractivity contribution in [3.05, 3.63) is 0 Å². The van der Waals surface area contributed by atoms with Crippen molar-refractivity contribution < 1.29 is 19.0 Å². The van der Waals surface area contributed by atoms with Crippen molar-refractivity contribution in [1.29, 1.82) is 0 Å². The van der Waals surface area contributed by atoms with E-state index in [1.165, 1.54) is 77.0 Å². The molecule has 0 bridgehead atoms. The molecule has 0 aromatic carbocycles. The lowest BCUT2D eigenvalue weighted by atomic mass is 9.86. The highest BCUT2D eigenvalue weighted by molar-refractivity contribution is 5.78. The van der Waals surface area contributed by atoms with Crippen molar-refractivity contribution in [2.75, 3.05) is 13.9 Å². The molecular formula is C24H46O4. The number of carbonyl (C=O) groups excluding carboxylic acids is 1. The van der Waals surface area contributed by atoms with Crippen molar-refractivity contribution in [2.45, 2.75) is 129 Å². The maximum absolute atomic E-state index is 11.8. The molecule has 0 saturated carbocycles. The van der Waals surface area contributed by atoms with Gasteiger partial charge in [-0.25, -0.2) is 0 Å². The number of esters is 1. The summed E-state index contributed by atoms with van der Waals surface area (Å²) in [5.74, 6) is 0.0867. The maximum atomic E-state index is 11.8. The number of unbranched alkanes of at least 4 members (excludes halogenated alkanes) is 11. The molecule has 0 aromatic heterocycles. The zero-order valence-corrected chi connectivity index (χ0v) is 18.9. The Hall–Kier alpha value is -0.610. The Morgan fingerprint density at radius 3 is 2.00 bits per heavy atom. The van der Waals surface area contributed by atoms with Crippen LogP contribution in [0.4, 0.5) is 0 Å². The van der Waals surface area contributed by atoms with Gasteiger partial charge in [-0.05, 0) is 12.8 Å². The molecule has 0 aliphatic carbocycles. The van der Waals surface area contributed by atoms with Gasteiger partial charge in [-0.15, -0.1) is 0 Å². The first-order valence-corrected chi connectivity index (χ1v) is 12.0. The second-order valence-corrected chi connectivity index (χ2v) is 8.48. The number of rotatable bonds is 20. The number of hydrogen-bond donors (Lipinski definition) is 0. The second kappa shape index (κ2) is 17.3. The van der Waals surface area contributed by atoms with E-state index in [1.54, 1.807) is 7.11 Å². The van der Waals surface area contributed by atoms with Crippen LogP contribution in [0.5, 0.6) is 0 Å². The van der Waals surface area contributed by atoms with Gasteiger partial charge in [0.2, 0.25) is 0 Å². The predicted molar refractivity (Wildman–Crippen MR) is 115 cm³/mol. The van der Waals surface area contributed by atoms with Gasteiger partial charge in [-0.2, -0.15) is 0 Å². The highest BCUT2D eigenvalue weighted by Crippen LogP contribution is 2.32. The summed E-state index contributed by atoms with van der Waals surface area (Å²) in [5.41, 5.74) is 0. The number of hydrogen-bond acceptors (Lipinski definition) is 4. The van der Waals surface area contributed by atoms with Crippen LogP contribution in [0, 0.1) is 5.92 Å². The van der Waals surface area contributed by atoms with Gasteiger partial charge in [0.25, 0.3) is 0 Å². The number of methoxy groups -OCH3 is 1. The normalized spacial score (nSPS) is 20.0. The van der Waals surface area contributed by atoms with Crippen LogP contribution in [0.1, 0.15) is 117 Å². The van der Waals surface area contributed by atoms with Gasteiger partial charge in [0.15, 0.2) is 0 Å². The van der Waals surface area contributed by atoms with Gasteiger partial charge < -0.3 is 14.2 Å². The van der Waals surface area contributed by atoms with Gasteiger partial charge in [0.1, 0.15) is 12.9 Å². The molecule has 1 heterocycles. The van der Waals surface area contributed by atoms with Crippen LogP contribution in [0.25, 0.3) is 0 Å². The largest absolute Gasteiger partial charge is 0.461 e. The van der Waals surface area contributed by atoms with Crippen LogP contribution in [-0.2, 0) is 19.0 Å². The highest BCUT2D eigenvalue weighted by atomic mass is 16.7. The first-order valence-electron chi connectivity index (χ1n) is 12.0. The Morgan fingerprint density at radius 1 is 0.857 bits per heavy atom. The van der Waals surface area contributed by atoms with Crippen molar-refractivity contribution in [2.24, 2.45) is 5.92 Å². The molecule has 3 atom stereocenters. The third kappa shape index (κ3) is 11.4. The zero-order valence-electron chi connectivity index (χ0n) is 18.9. The summed E-state index contributed by atoms with van der Waals surface area (Å²) in [5, 5.41) is 0. The van der Waals surface area contributed by atoms with E-state index >= 15 is 0 Å². The first-order chi connectivity index (χ1) is 13.7. The average Bonchev–Trinajstić information content (AvgIpc) is 2.69. The monoisotopic (exact) mass is 398 g/mol. The molecule has 0 radical (unpaired) electrons. The number of carbonyl (C=O) groups is 1. The fourth-order valence-corrected chi connectivity index (χ4v) is 4.08. The van der Waals surface area contributed by atoms with Crippen molar-refractivity contribution in [1.82, 2.24) is 0 Å². The van der Waals surface area contributed by atoms with Crippen LogP contribution in [0.3, 0.4) is 0 Å². The molecule has 28 heavy (non-hydrogen) atoms. The molecule has 1 saturated heterocycles. The first kappa shape index (κ1) is 25.4. The average molecular weight is 399 g/mol. The molecular weight excluding hydrogens is 352 g/mol. The SMILES string of the molecule is CCCCCCCCCCC[C@H](C[C@@H]1OC(=O)[C@H]1CCCCCC)OCOC. The second-order valence-electron chi connectivity index (χ2n) is 8.48. The Morgan fingerprint density at radius 2 is 1.43 bits per heavy atom. The fourth-order valence-electron chi connectivity index (χ4n) is 4.08. The highest BCUT2D eigenvalue weighted by Gasteiger charge is 2.42. The smallest absolute Gasteiger partial charge is 0.313 e. The third-order valence-electron chi connectivity index (χ3n) is 5.93. The molecule has 0 aromatic rings. The molecule has 1 aliphatic rings. The van der Waals surface area contributed by atoms with E-state index in [-0.39, 0.29) is 24.1 Å². The minimum Gasteiger partial charge on any atom is -0.461 e. The maximum Gasteiger partial charge on any atom is 0.313 e. The summed E-state index contributed by atoms with van der Waals surface area (Å²) in [6.07, 6.45) is 19.8. The molecule has 0 spiro atoms. The fraction of sp³-hybridized carbons (Fsp3) is 0.958. The predicted octanol–water partition coefficient (Wildman–Crippen LogP) is 6.80. The summed E-state index contributed by atoms with van der Waals surface area (Å²) in [4.78, 5) is 11.8. The van der Waals surface area contributed by atoms with Gasteiger partial charge in [0, 0.05) is 13.5 Å². The molecule has 166 valence electrons. The Balaban J connectivity index is 2.19. The molecule has 1 fully saturated rings. The summed E-state index contributed by atoms with van der Waals surface area (Å²) in [6, 6.07) is 0. The molecule has 1 aliphatic heterocycles. The molecule has 1 rings (SSSR count). The lowest BCUT2D eigenvalue weighted by molar-refractivity contribution is -0.191. The van der Waals surface area contributed by atoms with Crippen LogP contribution in [0.15, 0.2) is 0 Å². The van der Waals surface area contributed by atoms with Gasteiger partial charge >= 0.3 is 5.97 Å². The van der Waals surface area contributed by atoms with Crippen LogP contribution in [-0.4, -0.2) is 32.1 Å². The van der Waals surface area contributed by atoms with E-state index in [4.69, 9.17) is 14.2 Å². The van der Waals surface area contributed by atoms with Gasteiger partial charge in [-0.1, -0.05) is 97.3 Å². The summed E-state index contributed by atoms with van der Waals surface area (Å²) >= 11 is 0. The van der Waals surface area contributed by atoms with E-state index in [1.807, 2.05) is 0 Å². The Kier molecular flexibility index (Phi) is 15.7. The molecule has 0 unspecified atom stereocenters. The van der Waals surface area contributed by atoms with E-state index in [0.717, 1.165) is 25.7 Å². The summed E-state index contributed by atoms with van der Waals surface area (Å²) in [6.45, 7) is 4.80. The lowest BCUT2D eigenvalue weighted by Gasteiger charge is -2.37. The van der Waals surface area contributed by atoms with Crippen molar-refractivity contribution in [3.8, 4) is 0 Å². The topological polar surface area (TPSA) is 44.8 Å². The summed E-state index contributed by atoms with van der Waals surface area (Å²) in [7, 11) is 1.66. The minimum atomic E-state index is -0.00457. The molecule has 0 amide bonds. The van der Waals surface area contributed by atoms with E-state index in [2.05, 4.69) is 13.8 Å². The van der Waals surface area contributed by atoms with Crippen molar-refractivity contribution >= 4 is 5.97 Å². The third-order valence-corrected chi connectivity index (χ3v) is 5.93. The van der Waals surface area contributed by atoms with E-state index in [0.29, 0.717) is 6.79 Å². The van der Waals surface area contributed by atoms with Crippen molar-refractivity contribution in [3.63, 3.8) is 0 Å². The quantitative estimate of drug-likeness (QED) is 0.128. The van der Waals surface area contributed by atoms with Gasteiger partial charge in [0.05, 0.1) is 12.0 Å². The molecule has 4 nitrogen and oxygen atoms in total.